The largest absolute Gasteiger partial charge is 0.469 e. The number of hydrogen-bond donors (Lipinski definition) is 1. The Hall–Kier alpha value is -2.37. The van der Waals surface area contributed by atoms with E-state index in [2.05, 4.69) is 10.1 Å². The molecule has 6 nitrogen and oxygen atoms in total. The van der Waals surface area contributed by atoms with Crippen LogP contribution in [0.4, 0.5) is 0 Å². The molecule has 0 aromatic heterocycles. The van der Waals surface area contributed by atoms with Gasteiger partial charge in [-0.25, -0.2) is 0 Å². The molecule has 1 heterocycles. The van der Waals surface area contributed by atoms with Gasteiger partial charge in [-0.15, -0.1) is 0 Å². The van der Waals surface area contributed by atoms with Crippen molar-refractivity contribution in [3.8, 4) is 0 Å². The van der Waals surface area contributed by atoms with Crippen molar-refractivity contribution >= 4 is 17.8 Å². The summed E-state index contributed by atoms with van der Waals surface area (Å²) in [5.41, 5.74) is 2.23. The number of nitrogens with zero attached hydrogens (tertiary/aromatic N) is 1. The summed E-state index contributed by atoms with van der Waals surface area (Å²) in [5.74, 6) is -0.446. The molecule has 0 spiro atoms. The summed E-state index contributed by atoms with van der Waals surface area (Å²) in [6.45, 7) is 4.85. The number of ether oxygens (including phenoxy) is 1. The highest BCUT2D eigenvalue weighted by molar-refractivity contribution is 5.89. The first kappa shape index (κ1) is 20.9. The summed E-state index contributed by atoms with van der Waals surface area (Å²) in [6, 6.07) is 7.49. The summed E-state index contributed by atoms with van der Waals surface area (Å²) in [7, 11) is 1.37. The van der Waals surface area contributed by atoms with E-state index in [1.165, 1.54) is 7.11 Å². The van der Waals surface area contributed by atoms with Crippen molar-refractivity contribution in [3.63, 3.8) is 0 Å². The van der Waals surface area contributed by atoms with Crippen LogP contribution in [0.15, 0.2) is 24.3 Å². The summed E-state index contributed by atoms with van der Waals surface area (Å²) >= 11 is 0. The minimum absolute atomic E-state index is 0.0258. The molecule has 2 unspecified atom stereocenters. The number of carbonyl (C=O) groups is 3. The van der Waals surface area contributed by atoms with Gasteiger partial charge in [-0.3, -0.25) is 14.4 Å². The lowest BCUT2D eigenvalue weighted by Crippen LogP contribution is -2.53. The van der Waals surface area contributed by atoms with Gasteiger partial charge in [0.2, 0.25) is 11.8 Å². The van der Waals surface area contributed by atoms with Crippen molar-refractivity contribution in [2.75, 3.05) is 13.7 Å². The van der Waals surface area contributed by atoms with Crippen molar-refractivity contribution < 1.29 is 19.1 Å². The van der Waals surface area contributed by atoms with E-state index in [4.69, 9.17) is 0 Å². The maximum atomic E-state index is 12.8. The topological polar surface area (TPSA) is 75.7 Å². The van der Waals surface area contributed by atoms with Crippen LogP contribution in [0.2, 0.25) is 0 Å². The van der Waals surface area contributed by atoms with E-state index in [9.17, 15) is 14.4 Å². The molecule has 0 bridgehead atoms. The SMILES string of the molecule is CCC(C)C(=O)N1Cc2ccccc2CC1C(=O)NCCCCC(=O)OC. The van der Waals surface area contributed by atoms with Crippen molar-refractivity contribution in [3.05, 3.63) is 35.4 Å². The van der Waals surface area contributed by atoms with Crippen LogP contribution < -0.4 is 5.32 Å². The van der Waals surface area contributed by atoms with Gasteiger partial charge >= 0.3 is 5.97 Å². The van der Waals surface area contributed by atoms with E-state index in [0.29, 0.717) is 38.8 Å². The number of benzene rings is 1. The molecule has 1 N–H and O–H groups in total. The fraction of sp³-hybridized carbons (Fsp3) is 0.571. The Labute approximate surface area is 161 Å². The molecule has 6 heteroatoms. The van der Waals surface area contributed by atoms with Gasteiger partial charge in [0.15, 0.2) is 0 Å². The van der Waals surface area contributed by atoms with Crippen LogP contribution in [-0.2, 0) is 32.1 Å². The number of esters is 1. The molecule has 2 atom stereocenters. The van der Waals surface area contributed by atoms with Gasteiger partial charge < -0.3 is 15.0 Å². The van der Waals surface area contributed by atoms with Crippen LogP contribution in [-0.4, -0.2) is 42.4 Å². The number of nitrogens with one attached hydrogen (secondary N) is 1. The minimum Gasteiger partial charge on any atom is -0.469 e. The summed E-state index contributed by atoms with van der Waals surface area (Å²) in [4.78, 5) is 38.5. The molecule has 1 aliphatic heterocycles. The number of amides is 2. The van der Waals surface area contributed by atoms with Crippen LogP contribution in [0.1, 0.15) is 50.7 Å². The number of fused-ring (bicyclic) bond motifs is 1. The van der Waals surface area contributed by atoms with Gasteiger partial charge in [-0.1, -0.05) is 38.1 Å². The van der Waals surface area contributed by atoms with E-state index in [-0.39, 0.29) is 23.7 Å². The quantitative estimate of drug-likeness (QED) is 0.560. The Morgan fingerprint density at radius 1 is 1.22 bits per heavy atom. The number of carbonyl (C=O) groups excluding carboxylic acids is 3. The van der Waals surface area contributed by atoms with Gasteiger partial charge in [-0.2, -0.15) is 0 Å². The first-order valence-electron chi connectivity index (χ1n) is 9.69. The zero-order valence-corrected chi connectivity index (χ0v) is 16.5. The molecule has 0 saturated carbocycles. The van der Waals surface area contributed by atoms with Gasteiger partial charge in [0.1, 0.15) is 6.04 Å². The molecule has 2 amide bonds. The predicted octanol–water partition coefficient (Wildman–Crippen LogP) is 2.45. The van der Waals surface area contributed by atoms with E-state index >= 15 is 0 Å². The smallest absolute Gasteiger partial charge is 0.305 e. The lowest BCUT2D eigenvalue weighted by molar-refractivity contribution is -0.144. The van der Waals surface area contributed by atoms with E-state index in [1.807, 2.05) is 38.1 Å². The standard InChI is InChI=1S/C21H30N2O4/c1-4-15(2)21(26)23-14-17-10-6-5-9-16(17)13-18(23)20(25)22-12-8-7-11-19(24)27-3/h5-6,9-10,15,18H,4,7-8,11-14H2,1-3H3,(H,22,25). The van der Waals surface area contributed by atoms with Crippen molar-refractivity contribution in [1.82, 2.24) is 10.2 Å². The van der Waals surface area contributed by atoms with Crippen LogP contribution in [0.25, 0.3) is 0 Å². The maximum absolute atomic E-state index is 12.8. The van der Waals surface area contributed by atoms with Gasteiger partial charge in [0, 0.05) is 31.8 Å². The minimum atomic E-state index is -0.484. The van der Waals surface area contributed by atoms with Crippen molar-refractivity contribution in [2.45, 2.75) is 58.5 Å². The first-order chi connectivity index (χ1) is 13.0. The molecular formula is C21H30N2O4. The Balaban J connectivity index is 2.01. The monoisotopic (exact) mass is 374 g/mol. The van der Waals surface area contributed by atoms with Crippen molar-refractivity contribution in [1.29, 1.82) is 0 Å². The Morgan fingerprint density at radius 3 is 2.59 bits per heavy atom. The Kier molecular flexibility index (Phi) is 7.82. The van der Waals surface area contributed by atoms with Crippen LogP contribution in [0.3, 0.4) is 0 Å². The Morgan fingerprint density at radius 2 is 1.93 bits per heavy atom. The van der Waals surface area contributed by atoms with E-state index in [0.717, 1.165) is 17.5 Å². The third-order valence-electron chi connectivity index (χ3n) is 5.20. The summed E-state index contributed by atoms with van der Waals surface area (Å²) < 4.78 is 4.61. The molecule has 0 radical (unpaired) electrons. The Bertz CT molecular complexity index is 674. The van der Waals surface area contributed by atoms with Crippen molar-refractivity contribution in [2.24, 2.45) is 5.92 Å². The van der Waals surface area contributed by atoms with Gasteiger partial charge in [-0.05, 0) is 30.4 Å². The van der Waals surface area contributed by atoms with E-state index < -0.39 is 6.04 Å². The van der Waals surface area contributed by atoms with Gasteiger partial charge in [0.05, 0.1) is 7.11 Å². The third-order valence-corrected chi connectivity index (χ3v) is 5.20. The van der Waals surface area contributed by atoms with Crippen LogP contribution in [0.5, 0.6) is 0 Å². The average molecular weight is 374 g/mol. The first-order valence-corrected chi connectivity index (χ1v) is 9.69. The highest BCUT2D eigenvalue weighted by atomic mass is 16.5. The third kappa shape index (κ3) is 5.55. The molecule has 0 saturated heterocycles. The molecule has 1 aromatic carbocycles. The normalized spacial score (nSPS) is 17.0. The fourth-order valence-electron chi connectivity index (χ4n) is 3.27. The van der Waals surface area contributed by atoms with Crippen LogP contribution in [0, 0.1) is 5.92 Å². The molecular weight excluding hydrogens is 344 g/mol. The van der Waals surface area contributed by atoms with E-state index in [1.54, 1.807) is 4.90 Å². The fourth-order valence-corrected chi connectivity index (χ4v) is 3.27. The molecule has 1 aliphatic rings. The second kappa shape index (κ2) is 10.1. The summed E-state index contributed by atoms with van der Waals surface area (Å²) in [5, 5.41) is 2.93. The molecule has 1 aromatic rings. The molecule has 0 fully saturated rings. The number of hydrogen-bond acceptors (Lipinski definition) is 4. The average Bonchev–Trinajstić information content (AvgIpc) is 2.70. The maximum Gasteiger partial charge on any atom is 0.305 e. The zero-order valence-electron chi connectivity index (χ0n) is 16.5. The number of rotatable bonds is 8. The molecule has 0 aliphatic carbocycles. The molecule has 2 rings (SSSR count). The van der Waals surface area contributed by atoms with Gasteiger partial charge in [0.25, 0.3) is 0 Å². The molecule has 148 valence electrons. The number of methoxy groups -OCH3 is 1. The zero-order chi connectivity index (χ0) is 19.8. The molecule has 27 heavy (non-hydrogen) atoms. The predicted molar refractivity (Wildman–Crippen MR) is 103 cm³/mol. The summed E-state index contributed by atoms with van der Waals surface area (Å²) in [6.07, 6.45) is 2.99. The number of unbranched alkanes of at least 4 members (excludes halogenated alkanes) is 1. The second-order valence-corrected chi connectivity index (χ2v) is 7.09. The van der Waals surface area contributed by atoms with Crippen LogP contribution >= 0.6 is 0 Å². The lowest BCUT2D eigenvalue weighted by atomic mass is 9.92. The second-order valence-electron chi connectivity index (χ2n) is 7.09. The highest BCUT2D eigenvalue weighted by Gasteiger charge is 2.35. The lowest BCUT2D eigenvalue weighted by Gasteiger charge is -2.37. The highest BCUT2D eigenvalue weighted by Crippen LogP contribution is 2.25.